The maximum absolute atomic E-state index is 5.74. The van der Waals surface area contributed by atoms with Gasteiger partial charge in [-0.25, -0.2) is 0 Å². The molecular formula is C17H31N3O. The van der Waals surface area contributed by atoms with E-state index in [0.29, 0.717) is 12.1 Å². The van der Waals surface area contributed by atoms with Crippen LogP contribution in [0.4, 0.5) is 0 Å². The summed E-state index contributed by atoms with van der Waals surface area (Å²) in [6.45, 7) is 8.56. The Balaban J connectivity index is 1.96. The van der Waals surface area contributed by atoms with Crippen LogP contribution < -0.4 is 5.32 Å². The molecule has 1 saturated heterocycles. The predicted molar refractivity (Wildman–Crippen MR) is 86.5 cm³/mol. The van der Waals surface area contributed by atoms with Crippen molar-refractivity contribution in [3.63, 3.8) is 0 Å². The second-order valence-corrected chi connectivity index (χ2v) is 6.28. The lowest BCUT2D eigenvalue weighted by molar-refractivity contribution is 0.101. The highest BCUT2D eigenvalue weighted by molar-refractivity contribution is 5.28. The van der Waals surface area contributed by atoms with E-state index < -0.39 is 0 Å². The summed E-state index contributed by atoms with van der Waals surface area (Å²) in [5.74, 6) is 0. The summed E-state index contributed by atoms with van der Waals surface area (Å²) in [5, 5.41) is 8.29. The Kier molecular flexibility index (Phi) is 6.24. The van der Waals surface area contributed by atoms with Gasteiger partial charge in [0.2, 0.25) is 0 Å². The zero-order chi connectivity index (χ0) is 15.2. The van der Waals surface area contributed by atoms with E-state index in [1.165, 1.54) is 55.5 Å². The first-order chi connectivity index (χ1) is 10.1. The van der Waals surface area contributed by atoms with Gasteiger partial charge in [-0.3, -0.25) is 4.68 Å². The lowest BCUT2D eigenvalue weighted by atomic mass is 9.97. The van der Waals surface area contributed by atoms with Crippen molar-refractivity contribution < 1.29 is 4.74 Å². The Morgan fingerprint density at radius 1 is 1.43 bits per heavy atom. The minimum Gasteiger partial charge on any atom is -0.378 e. The molecule has 1 fully saturated rings. The van der Waals surface area contributed by atoms with Gasteiger partial charge in [0.15, 0.2) is 0 Å². The smallest absolute Gasteiger partial charge is 0.0644 e. The Hall–Kier alpha value is -0.870. The van der Waals surface area contributed by atoms with Crippen molar-refractivity contribution in [3.8, 4) is 0 Å². The van der Waals surface area contributed by atoms with Gasteiger partial charge in [0.25, 0.3) is 0 Å². The number of hydrogen-bond acceptors (Lipinski definition) is 3. The fourth-order valence-corrected chi connectivity index (χ4v) is 3.38. The molecule has 1 aliphatic rings. The maximum Gasteiger partial charge on any atom is 0.0644 e. The van der Waals surface area contributed by atoms with E-state index in [4.69, 9.17) is 4.74 Å². The predicted octanol–water partition coefficient (Wildman–Crippen LogP) is 3.43. The van der Waals surface area contributed by atoms with Crippen LogP contribution >= 0.6 is 0 Å². The fraction of sp³-hybridized carbons (Fsp3) is 0.824. The van der Waals surface area contributed by atoms with E-state index in [-0.39, 0.29) is 0 Å². The number of nitrogens with one attached hydrogen (secondary N) is 1. The van der Waals surface area contributed by atoms with E-state index in [2.05, 4.69) is 31.2 Å². The van der Waals surface area contributed by atoms with Crippen molar-refractivity contribution in [2.75, 3.05) is 13.2 Å². The molecule has 21 heavy (non-hydrogen) atoms. The fourth-order valence-electron chi connectivity index (χ4n) is 3.38. The van der Waals surface area contributed by atoms with Crippen LogP contribution in [0, 0.1) is 13.8 Å². The zero-order valence-corrected chi connectivity index (χ0v) is 14.1. The van der Waals surface area contributed by atoms with Crippen molar-refractivity contribution in [3.05, 3.63) is 17.0 Å². The van der Waals surface area contributed by atoms with Gasteiger partial charge in [0.05, 0.1) is 11.8 Å². The van der Waals surface area contributed by atoms with Crippen molar-refractivity contribution in [2.45, 2.75) is 71.4 Å². The van der Waals surface area contributed by atoms with E-state index in [9.17, 15) is 0 Å². The van der Waals surface area contributed by atoms with Gasteiger partial charge in [-0.15, -0.1) is 0 Å². The van der Waals surface area contributed by atoms with Crippen LogP contribution in [0.2, 0.25) is 0 Å². The highest BCUT2D eigenvalue weighted by Crippen LogP contribution is 2.27. The number of ether oxygens (including phenoxy) is 1. The molecule has 0 saturated carbocycles. The van der Waals surface area contributed by atoms with Gasteiger partial charge in [-0.2, -0.15) is 5.10 Å². The summed E-state index contributed by atoms with van der Waals surface area (Å²) >= 11 is 0. The molecule has 1 N–H and O–H groups in total. The second-order valence-electron chi connectivity index (χ2n) is 6.28. The van der Waals surface area contributed by atoms with E-state index in [0.717, 1.165) is 13.2 Å². The van der Waals surface area contributed by atoms with Gasteiger partial charge < -0.3 is 10.1 Å². The summed E-state index contributed by atoms with van der Waals surface area (Å²) in [4.78, 5) is 0. The molecule has 120 valence electrons. The molecule has 4 nitrogen and oxygen atoms in total. The highest BCUT2D eigenvalue weighted by Gasteiger charge is 2.21. The molecular weight excluding hydrogens is 262 g/mol. The van der Waals surface area contributed by atoms with Gasteiger partial charge in [0.1, 0.15) is 0 Å². The van der Waals surface area contributed by atoms with Crippen LogP contribution in [0.15, 0.2) is 0 Å². The van der Waals surface area contributed by atoms with Crippen molar-refractivity contribution >= 4 is 0 Å². The van der Waals surface area contributed by atoms with Crippen LogP contribution in [-0.4, -0.2) is 29.0 Å². The van der Waals surface area contributed by atoms with Crippen LogP contribution in [0.1, 0.15) is 68.4 Å². The molecule has 0 bridgehead atoms. The molecule has 4 heteroatoms. The van der Waals surface area contributed by atoms with E-state index in [1.807, 2.05) is 11.7 Å². The van der Waals surface area contributed by atoms with Crippen LogP contribution in [-0.2, 0) is 11.8 Å². The molecule has 0 amide bonds. The summed E-state index contributed by atoms with van der Waals surface area (Å²) in [6.07, 6.45) is 7.75. The average molecular weight is 293 g/mol. The second kappa shape index (κ2) is 7.95. The first kappa shape index (κ1) is 16.5. The monoisotopic (exact) mass is 293 g/mol. The first-order valence-corrected chi connectivity index (χ1v) is 8.48. The maximum atomic E-state index is 5.74. The number of aromatic nitrogens is 2. The van der Waals surface area contributed by atoms with Gasteiger partial charge in [0, 0.05) is 31.0 Å². The summed E-state index contributed by atoms with van der Waals surface area (Å²) in [6, 6.07) is 0.431. The molecule has 1 aromatic heterocycles. The van der Waals surface area contributed by atoms with Crippen molar-refractivity contribution in [1.82, 2.24) is 15.1 Å². The number of hydrogen-bond donors (Lipinski definition) is 1. The minimum atomic E-state index is 0.431. The molecule has 1 aromatic rings. The molecule has 2 unspecified atom stereocenters. The van der Waals surface area contributed by atoms with Gasteiger partial charge >= 0.3 is 0 Å². The summed E-state index contributed by atoms with van der Waals surface area (Å²) < 4.78 is 7.74. The Morgan fingerprint density at radius 3 is 2.81 bits per heavy atom. The van der Waals surface area contributed by atoms with Gasteiger partial charge in [-0.1, -0.05) is 6.92 Å². The normalized spacial score (nSPS) is 20.1. The third kappa shape index (κ3) is 4.30. The van der Waals surface area contributed by atoms with Gasteiger partial charge in [-0.05, 0) is 58.9 Å². The molecule has 2 heterocycles. The third-order valence-corrected chi connectivity index (χ3v) is 4.60. The molecule has 2 atom stereocenters. The van der Waals surface area contributed by atoms with E-state index >= 15 is 0 Å². The third-order valence-electron chi connectivity index (χ3n) is 4.60. The lowest BCUT2D eigenvalue weighted by Crippen LogP contribution is -2.23. The van der Waals surface area contributed by atoms with Crippen LogP contribution in [0.5, 0.6) is 0 Å². The topological polar surface area (TPSA) is 39.1 Å². The Bertz CT molecular complexity index is 435. The minimum absolute atomic E-state index is 0.431. The molecule has 2 rings (SSSR count). The number of aryl methyl sites for hydroxylation is 2. The molecule has 0 aliphatic carbocycles. The highest BCUT2D eigenvalue weighted by atomic mass is 16.5. The van der Waals surface area contributed by atoms with Crippen molar-refractivity contribution in [1.29, 1.82) is 0 Å². The average Bonchev–Trinajstić information content (AvgIpc) is 3.04. The first-order valence-electron chi connectivity index (χ1n) is 8.48. The Labute approximate surface area is 129 Å². The zero-order valence-electron chi connectivity index (χ0n) is 14.1. The lowest BCUT2D eigenvalue weighted by Gasteiger charge is -2.20. The standard InChI is InChI=1S/C17H31N3O/c1-5-11-18-16(10-6-8-15-9-7-12-21-15)17-13(2)19-20(4)14(17)3/h15-16,18H,5-12H2,1-4H3. The number of rotatable bonds is 8. The SMILES string of the molecule is CCCNC(CCCC1CCCO1)c1c(C)nn(C)c1C. The summed E-state index contributed by atoms with van der Waals surface area (Å²) in [7, 11) is 2.04. The molecule has 1 aliphatic heterocycles. The molecule has 0 radical (unpaired) electrons. The van der Waals surface area contributed by atoms with E-state index in [1.54, 1.807) is 0 Å². The Morgan fingerprint density at radius 2 is 2.24 bits per heavy atom. The molecule has 0 aromatic carbocycles. The largest absolute Gasteiger partial charge is 0.378 e. The summed E-state index contributed by atoms with van der Waals surface area (Å²) in [5.41, 5.74) is 3.86. The molecule has 0 spiro atoms. The van der Waals surface area contributed by atoms with Crippen molar-refractivity contribution in [2.24, 2.45) is 7.05 Å². The quantitative estimate of drug-likeness (QED) is 0.798. The van der Waals surface area contributed by atoms with Crippen LogP contribution in [0.3, 0.4) is 0 Å². The number of nitrogens with zero attached hydrogens (tertiary/aromatic N) is 2. The van der Waals surface area contributed by atoms with Crippen LogP contribution in [0.25, 0.3) is 0 Å².